The Morgan fingerprint density at radius 3 is 2.14 bits per heavy atom. The van der Waals surface area contributed by atoms with Crippen LogP contribution in [-0.2, 0) is 12.8 Å². The van der Waals surface area contributed by atoms with Crippen LogP contribution < -0.4 is 4.90 Å². The summed E-state index contributed by atoms with van der Waals surface area (Å²) < 4.78 is 0. The lowest BCUT2D eigenvalue weighted by Gasteiger charge is -2.47. The van der Waals surface area contributed by atoms with Gasteiger partial charge in [-0.2, -0.15) is 0 Å². The first kappa shape index (κ1) is 30.4. The first-order valence-corrected chi connectivity index (χ1v) is 17.0. The lowest BCUT2D eigenvalue weighted by atomic mass is 9.80. The summed E-state index contributed by atoms with van der Waals surface area (Å²) in [5.74, 6) is 1.38. The largest absolute Gasteiger partial charge is 0.388 e. The second kappa shape index (κ2) is 13.6. The van der Waals surface area contributed by atoms with E-state index in [1.54, 1.807) is 0 Å². The Hall–Kier alpha value is -1.60. The average molecular weight is 612 g/mol. The molecule has 2 aliphatic carbocycles. The van der Waals surface area contributed by atoms with Crippen molar-refractivity contribution in [2.45, 2.75) is 51.7 Å². The number of fused-ring (bicyclic) bond motifs is 1. The standard InChI is InChI=1S/C35H48Cl2N4O/c1-3-25-5-9-31(10-6-25)40-15-11-38(12-16-40)23-28-19-26(4-2)20-33(37)34(28)41-17-13-39(14-18-41)24-29-21-27-7-8-30(36)22-32(27)35(29)42/h5-10,20,22,26,28-29,34-35,42H,3-4,11-19,21,23-24H2,1-2H3. The van der Waals surface area contributed by atoms with Gasteiger partial charge in [0.05, 0.1) is 6.10 Å². The Kier molecular flexibility index (Phi) is 9.84. The van der Waals surface area contributed by atoms with E-state index in [4.69, 9.17) is 23.2 Å². The molecule has 0 aromatic heterocycles. The summed E-state index contributed by atoms with van der Waals surface area (Å²) in [5, 5.41) is 12.8. The van der Waals surface area contributed by atoms with E-state index in [2.05, 4.69) is 69.9 Å². The van der Waals surface area contributed by atoms with E-state index in [1.165, 1.54) is 23.2 Å². The number of piperazine rings is 2. The molecule has 2 heterocycles. The van der Waals surface area contributed by atoms with E-state index in [0.29, 0.717) is 22.9 Å². The van der Waals surface area contributed by atoms with Gasteiger partial charge in [-0.05, 0) is 78.5 Å². The monoisotopic (exact) mass is 610 g/mol. The van der Waals surface area contributed by atoms with Crippen molar-refractivity contribution in [2.24, 2.45) is 17.8 Å². The molecule has 2 saturated heterocycles. The fourth-order valence-corrected chi connectivity index (χ4v) is 8.60. The first-order chi connectivity index (χ1) is 20.4. The van der Waals surface area contributed by atoms with Gasteiger partial charge in [-0.15, -0.1) is 0 Å². The van der Waals surface area contributed by atoms with Gasteiger partial charge >= 0.3 is 0 Å². The van der Waals surface area contributed by atoms with Crippen LogP contribution in [0.5, 0.6) is 0 Å². The zero-order chi connectivity index (χ0) is 29.2. The lowest BCUT2D eigenvalue weighted by Crippen LogP contribution is -2.56. The number of hydrogen-bond donors (Lipinski definition) is 1. The fraction of sp³-hybridized carbons (Fsp3) is 0.600. The molecular formula is C35H48Cl2N4O. The number of anilines is 1. The van der Waals surface area contributed by atoms with Gasteiger partial charge in [0.2, 0.25) is 0 Å². The predicted octanol–water partition coefficient (Wildman–Crippen LogP) is 6.09. The quantitative estimate of drug-likeness (QED) is 0.391. The van der Waals surface area contributed by atoms with Gasteiger partial charge in [-0.3, -0.25) is 9.80 Å². The molecule has 228 valence electrons. The zero-order valence-electron chi connectivity index (χ0n) is 25.4. The van der Waals surface area contributed by atoms with Gasteiger partial charge in [0.15, 0.2) is 0 Å². The molecule has 2 aromatic carbocycles. The molecule has 42 heavy (non-hydrogen) atoms. The Bertz CT molecular complexity index is 1220. The van der Waals surface area contributed by atoms with Gasteiger partial charge in [0.1, 0.15) is 0 Å². The number of allylic oxidation sites excluding steroid dienone is 1. The number of rotatable bonds is 8. The Balaban J connectivity index is 1.04. The molecule has 4 aliphatic rings. The average Bonchev–Trinajstić information content (AvgIpc) is 3.31. The molecule has 0 bridgehead atoms. The van der Waals surface area contributed by atoms with Crippen molar-refractivity contribution in [3.05, 3.63) is 75.3 Å². The first-order valence-electron chi connectivity index (χ1n) is 16.3. The van der Waals surface area contributed by atoms with E-state index >= 15 is 0 Å². The molecule has 6 rings (SSSR count). The second-order valence-corrected chi connectivity index (χ2v) is 13.9. The van der Waals surface area contributed by atoms with Gasteiger partial charge in [-0.1, -0.05) is 61.3 Å². The van der Waals surface area contributed by atoms with Crippen molar-refractivity contribution in [2.75, 3.05) is 70.3 Å². The molecule has 0 spiro atoms. The molecule has 5 atom stereocenters. The Morgan fingerprint density at radius 1 is 0.810 bits per heavy atom. The number of nitrogens with zero attached hydrogens (tertiary/aromatic N) is 4. The third-order valence-corrected chi connectivity index (χ3v) is 11.1. The highest BCUT2D eigenvalue weighted by Gasteiger charge is 2.39. The van der Waals surface area contributed by atoms with Gasteiger partial charge in [-0.25, -0.2) is 0 Å². The van der Waals surface area contributed by atoms with Crippen molar-refractivity contribution in [1.82, 2.24) is 14.7 Å². The number of benzene rings is 2. The minimum Gasteiger partial charge on any atom is -0.388 e. The van der Waals surface area contributed by atoms with Crippen LogP contribution in [0.4, 0.5) is 5.69 Å². The maximum Gasteiger partial charge on any atom is 0.0836 e. The van der Waals surface area contributed by atoms with Crippen molar-refractivity contribution < 1.29 is 5.11 Å². The van der Waals surface area contributed by atoms with Crippen molar-refractivity contribution in [1.29, 1.82) is 0 Å². The molecule has 1 N–H and O–H groups in total. The van der Waals surface area contributed by atoms with E-state index in [1.807, 2.05) is 12.1 Å². The summed E-state index contributed by atoms with van der Waals surface area (Å²) in [5.41, 5.74) is 5.03. The molecule has 0 amide bonds. The van der Waals surface area contributed by atoms with Crippen LogP contribution in [0.3, 0.4) is 0 Å². The van der Waals surface area contributed by atoms with E-state index in [0.717, 1.165) is 95.3 Å². The van der Waals surface area contributed by atoms with E-state index in [-0.39, 0.29) is 5.92 Å². The maximum atomic E-state index is 11.0. The summed E-state index contributed by atoms with van der Waals surface area (Å²) >= 11 is 13.3. The summed E-state index contributed by atoms with van der Waals surface area (Å²) in [6.45, 7) is 15.1. The van der Waals surface area contributed by atoms with Crippen LogP contribution in [0, 0.1) is 17.8 Å². The van der Waals surface area contributed by atoms with Gasteiger partial charge in [0, 0.05) is 93.1 Å². The molecule has 7 heteroatoms. The lowest BCUT2D eigenvalue weighted by molar-refractivity contribution is 0.0399. The number of hydrogen-bond acceptors (Lipinski definition) is 5. The number of aryl methyl sites for hydroxylation is 1. The van der Waals surface area contributed by atoms with Crippen LogP contribution in [0.2, 0.25) is 5.02 Å². The minimum atomic E-state index is -0.418. The fourth-order valence-electron chi connectivity index (χ4n) is 7.92. The Morgan fingerprint density at radius 2 is 1.48 bits per heavy atom. The number of aliphatic hydroxyl groups is 1. The van der Waals surface area contributed by atoms with Crippen molar-refractivity contribution in [3.8, 4) is 0 Å². The predicted molar refractivity (Wildman–Crippen MR) is 176 cm³/mol. The second-order valence-electron chi connectivity index (χ2n) is 13.1. The third kappa shape index (κ3) is 6.72. The maximum absolute atomic E-state index is 11.0. The van der Waals surface area contributed by atoms with E-state index in [9.17, 15) is 5.11 Å². The third-order valence-electron chi connectivity index (χ3n) is 10.5. The highest BCUT2D eigenvalue weighted by Crippen LogP contribution is 2.39. The molecule has 0 radical (unpaired) electrons. The van der Waals surface area contributed by atoms with Crippen LogP contribution in [0.15, 0.2) is 53.6 Å². The topological polar surface area (TPSA) is 33.2 Å². The van der Waals surface area contributed by atoms with E-state index < -0.39 is 6.10 Å². The summed E-state index contributed by atoms with van der Waals surface area (Å²) in [6, 6.07) is 15.4. The SMILES string of the molecule is CCc1ccc(N2CCN(CC3CC(CC)C=C(Cl)C3N3CCN(CC4Cc5ccc(Cl)cc5C4O)CC3)CC2)cc1. The highest BCUT2D eigenvalue weighted by atomic mass is 35.5. The molecule has 2 aromatic rings. The summed E-state index contributed by atoms with van der Waals surface area (Å²) in [6.07, 6.45) is 6.36. The van der Waals surface area contributed by atoms with Crippen molar-refractivity contribution in [3.63, 3.8) is 0 Å². The number of halogens is 2. The normalized spacial score (nSPS) is 29.5. The van der Waals surface area contributed by atoms with Gasteiger partial charge < -0.3 is 14.9 Å². The Labute approximate surface area is 263 Å². The molecular weight excluding hydrogens is 563 g/mol. The van der Waals surface area contributed by atoms with Crippen LogP contribution >= 0.6 is 23.2 Å². The summed E-state index contributed by atoms with van der Waals surface area (Å²) in [7, 11) is 0. The smallest absolute Gasteiger partial charge is 0.0836 e. The molecule has 0 saturated carbocycles. The minimum absolute atomic E-state index is 0.240. The van der Waals surface area contributed by atoms with Crippen molar-refractivity contribution >= 4 is 28.9 Å². The summed E-state index contributed by atoms with van der Waals surface area (Å²) in [4.78, 5) is 10.5. The molecule has 5 nitrogen and oxygen atoms in total. The number of aliphatic hydroxyl groups excluding tert-OH is 1. The van der Waals surface area contributed by atoms with Crippen LogP contribution in [0.1, 0.15) is 49.5 Å². The zero-order valence-corrected chi connectivity index (χ0v) is 26.9. The highest BCUT2D eigenvalue weighted by molar-refractivity contribution is 6.30. The molecule has 5 unspecified atom stereocenters. The molecule has 2 fully saturated rings. The van der Waals surface area contributed by atoms with Crippen LogP contribution in [-0.4, -0.2) is 91.3 Å². The van der Waals surface area contributed by atoms with Crippen LogP contribution in [0.25, 0.3) is 0 Å². The van der Waals surface area contributed by atoms with Gasteiger partial charge in [0.25, 0.3) is 0 Å². The molecule has 2 aliphatic heterocycles.